The lowest BCUT2D eigenvalue weighted by atomic mass is 10.1. The minimum atomic E-state index is -4.49. The zero-order chi connectivity index (χ0) is 20.3. The molecule has 0 aliphatic rings. The maximum absolute atomic E-state index is 12.1. The Morgan fingerprint density at radius 1 is 1.21 bits per heavy atom. The molecule has 1 amide bonds. The second-order valence-electron chi connectivity index (χ2n) is 5.66. The van der Waals surface area contributed by atoms with Crippen LogP contribution >= 0.6 is 0 Å². The molecular formula is C16H13F3N6O3. The number of H-pyrrole nitrogens is 1. The number of carboxylic acids is 1. The topological polar surface area (TPSA) is 133 Å². The fourth-order valence-electron chi connectivity index (χ4n) is 2.35. The van der Waals surface area contributed by atoms with Crippen molar-refractivity contribution in [2.24, 2.45) is 0 Å². The van der Waals surface area contributed by atoms with Crippen LogP contribution in [0.2, 0.25) is 0 Å². The number of aromatic amines is 1. The van der Waals surface area contributed by atoms with E-state index in [1.807, 2.05) is 0 Å². The van der Waals surface area contributed by atoms with Crippen molar-refractivity contribution in [3.63, 3.8) is 0 Å². The summed E-state index contributed by atoms with van der Waals surface area (Å²) in [6.07, 6.45) is 1.02. The van der Waals surface area contributed by atoms with E-state index < -0.39 is 31.1 Å². The molecule has 3 heterocycles. The zero-order valence-corrected chi connectivity index (χ0v) is 14.0. The van der Waals surface area contributed by atoms with Gasteiger partial charge in [0.15, 0.2) is 0 Å². The van der Waals surface area contributed by atoms with Gasteiger partial charge < -0.3 is 20.7 Å². The molecule has 12 heteroatoms. The van der Waals surface area contributed by atoms with E-state index in [0.717, 1.165) is 0 Å². The SMILES string of the molecule is O=C(CNc1cncc(-c2c[nH]c3ncc(C(=O)O)cc23)n1)NCC(F)(F)F. The third-order valence-corrected chi connectivity index (χ3v) is 3.60. The van der Waals surface area contributed by atoms with E-state index in [-0.39, 0.29) is 11.4 Å². The first kappa shape index (κ1) is 19.1. The van der Waals surface area contributed by atoms with Crippen molar-refractivity contribution in [3.05, 3.63) is 36.4 Å². The molecule has 9 nitrogen and oxygen atoms in total. The fourth-order valence-corrected chi connectivity index (χ4v) is 2.35. The molecule has 4 N–H and O–H groups in total. The Hall–Kier alpha value is -3.70. The molecule has 0 aromatic carbocycles. The molecular weight excluding hydrogens is 381 g/mol. The number of fused-ring (bicyclic) bond motifs is 1. The monoisotopic (exact) mass is 394 g/mol. The van der Waals surface area contributed by atoms with Gasteiger partial charge in [0, 0.05) is 23.3 Å². The van der Waals surface area contributed by atoms with Gasteiger partial charge >= 0.3 is 12.1 Å². The summed E-state index contributed by atoms with van der Waals surface area (Å²) in [4.78, 5) is 37.7. The number of carbonyl (C=O) groups excluding carboxylic acids is 1. The van der Waals surface area contributed by atoms with Crippen LogP contribution in [-0.2, 0) is 4.79 Å². The Morgan fingerprint density at radius 3 is 2.71 bits per heavy atom. The molecule has 0 aliphatic carbocycles. The fraction of sp³-hybridized carbons (Fsp3) is 0.188. The molecule has 0 spiro atoms. The Bertz CT molecular complexity index is 1030. The minimum Gasteiger partial charge on any atom is -0.478 e. The van der Waals surface area contributed by atoms with Crippen molar-refractivity contribution in [2.45, 2.75) is 6.18 Å². The number of nitrogens with one attached hydrogen (secondary N) is 3. The molecule has 0 atom stereocenters. The van der Waals surface area contributed by atoms with E-state index in [4.69, 9.17) is 5.11 Å². The van der Waals surface area contributed by atoms with Crippen LogP contribution in [0.4, 0.5) is 19.0 Å². The van der Waals surface area contributed by atoms with E-state index >= 15 is 0 Å². The maximum atomic E-state index is 12.1. The first-order valence-corrected chi connectivity index (χ1v) is 7.83. The summed E-state index contributed by atoms with van der Waals surface area (Å²) in [6.45, 7) is -1.85. The van der Waals surface area contributed by atoms with Crippen molar-refractivity contribution in [1.29, 1.82) is 0 Å². The normalized spacial score (nSPS) is 11.4. The standard InChI is InChI=1S/C16H13F3N6O3/c17-16(18,19)7-24-13(26)6-21-12-5-20-4-11(25-12)10-3-23-14-9(10)1-8(2-22-14)15(27)28/h1-5H,6-7H2,(H,21,25)(H,22,23)(H,24,26)(H,27,28). The summed E-state index contributed by atoms with van der Waals surface area (Å²) in [5.41, 5.74) is 1.34. The summed E-state index contributed by atoms with van der Waals surface area (Å²) < 4.78 is 36.3. The minimum absolute atomic E-state index is 0.00285. The van der Waals surface area contributed by atoms with Crippen LogP contribution < -0.4 is 10.6 Å². The summed E-state index contributed by atoms with van der Waals surface area (Å²) in [5.74, 6) is -1.82. The molecule has 0 radical (unpaired) electrons. The number of carbonyl (C=O) groups is 2. The summed E-state index contributed by atoms with van der Waals surface area (Å²) >= 11 is 0. The highest BCUT2D eigenvalue weighted by Crippen LogP contribution is 2.27. The van der Waals surface area contributed by atoms with Gasteiger partial charge in [0.1, 0.15) is 18.0 Å². The van der Waals surface area contributed by atoms with Crippen LogP contribution in [0.25, 0.3) is 22.3 Å². The van der Waals surface area contributed by atoms with Crippen LogP contribution in [0.1, 0.15) is 10.4 Å². The number of carboxylic acid groups (broad SMARTS) is 1. The van der Waals surface area contributed by atoms with Gasteiger partial charge in [-0.05, 0) is 6.07 Å². The van der Waals surface area contributed by atoms with Crippen LogP contribution in [0, 0.1) is 0 Å². The Morgan fingerprint density at radius 2 is 2.00 bits per heavy atom. The highest BCUT2D eigenvalue weighted by molar-refractivity contribution is 5.98. The van der Waals surface area contributed by atoms with E-state index in [1.165, 1.54) is 24.7 Å². The van der Waals surface area contributed by atoms with Gasteiger partial charge in [-0.1, -0.05) is 0 Å². The molecule has 0 saturated heterocycles. The second kappa shape index (κ2) is 7.50. The van der Waals surface area contributed by atoms with E-state index in [9.17, 15) is 22.8 Å². The lowest BCUT2D eigenvalue weighted by Crippen LogP contribution is -2.37. The number of alkyl halides is 3. The van der Waals surface area contributed by atoms with Crippen LogP contribution in [-0.4, -0.2) is 56.2 Å². The van der Waals surface area contributed by atoms with Crippen molar-refractivity contribution < 1.29 is 27.9 Å². The molecule has 3 rings (SSSR count). The van der Waals surface area contributed by atoms with Gasteiger partial charge in [0.2, 0.25) is 5.91 Å². The molecule has 0 fully saturated rings. The first-order valence-electron chi connectivity index (χ1n) is 7.83. The number of aromatic nitrogens is 4. The molecule has 0 unspecified atom stereocenters. The van der Waals surface area contributed by atoms with Gasteiger partial charge in [-0.2, -0.15) is 13.2 Å². The number of hydrogen-bond acceptors (Lipinski definition) is 6. The Kier molecular flexibility index (Phi) is 5.11. The average Bonchev–Trinajstić information content (AvgIpc) is 3.07. The van der Waals surface area contributed by atoms with Crippen LogP contribution in [0.15, 0.2) is 30.9 Å². The molecule has 0 aliphatic heterocycles. The van der Waals surface area contributed by atoms with Crippen molar-refractivity contribution >= 4 is 28.7 Å². The number of halogens is 3. The van der Waals surface area contributed by atoms with Crippen LogP contribution in [0.3, 0.4) is 0 Å². The van der Waals surface area contributed by atoms with Gasteiger partial charge in [-0.25, -0.2) is 14.8 Å². The van der Waals surface area contributed by atoms with E-state index in [0.29, 0.717) is 22.3 Å². The van der Waals surface area contributed by atoms with Crippen LogP contribution in [0.5, 0.6) is 0 Å². The number of hydrogen-bond donors (Lipinski definition) is 4. The van der Waals surface area contributed by atoms with E-state index in [1.54, 1.807) is 11.5 Å². The van der Waals surface area contributed by atoms with Gasteiger partial charge in [0.25, 0.3) is 0 Å². The lowest BCUT2D eigenvalue weighted by Gasteiger charge is -2.09. The first-order chi connectivity index (χ1) is 13.2. The second-order valence-corrected chi connectivity index (χ2v) is 5.66. The third-order valence-electron chi connectivity index (χ3n) is 3.60. The number of amides is 1. The summed E-state index contributed by atoms with van der Waals surface area (Å²) in [5, 5.41) is 13.9. The average molecular weight is 394 g/mol. The molecule has 146 valence electrons. The number of anilines is 1. The van der Waals surface area contributed by atoms with Gasteiger partial charge in [-0.3, -0.25) is 9.78 Å². The largest absolute Gasteiger partial charge is 0.478 e. The smallest absolute Gasteiger partial charge is 0.405 e. The molecule has 0 bridgehead atoms. The maximum Gasteiger partial charge on any atom is 0.405 e. The highest BCUT2D eigenvalue weighted by Gasteiger charge is 2.27. The number of rotatable bonds is 6. The summed E-state index contributed by atoms with van der Waals surface area (Å²) in [6, 6.07) is 1.43. The molecule has 28 heavy (non-hydrogen) atoms. The zero-order valence-electron chi connectivity index (χ0n) is 14.0. The predicted octanol–water partition coefficient (Wildman–Crippen LogP) is 1.81. The lowest BCUT2D eigenvalue weighted by molar-refractivity contribution is -0.137. The third kappa shape index (κ3) is 4.52. The number of pyridine rings is 1. The molecule has 3 aromatic rings. The summed E-state index contributed by atoms with van der Waals surface area (Å²) in [7, 11) is 0. The molecule has 3 aromatic heterocycles. The predicted molar refractivity (Wildman–Crippen MR) is 91.6 cm³/mol. The number of aromatic carboxylic acids is 1. The Labute approximate surface area is 155 Å². The molecule has 0 saturated carbocycles. The van der Waals surface area contributed by atoms with E-state index in [2.05, 4.69) is 25.3 Å². The van der Waals surface area contributed by atoms with Crippen molar-refractivity contribution in [3.8, 4) is 11.3 Å². The van der Waals surface area contributed by atoms with Crippen molar-refractivity contribution in [1.82, 2.24) is 25.3 Å². The van der Waals surface area contributed by atoms with Gasteiger partial charge in [0.05, 0.1) is 30.2 Å². The number of nitrogens with zero attached hydrogens (tertiary/aromatic N) is 3. The highest BCUT2D eigenvalue weighted by atomic mass is 19.4. The van der Waals surface area contributed by atoms with Crippen molar-refractivity contribution in [2.75, 3.05) is 18.4 Å². The van der Waals surface area contributed by atoms with Gasteiger partial charge in [-0.15, -0.1) is 0 Å². The quantitative estimate of drug-likeness (QED) is 0.501. The Balaban J connectivity index is 1.76.